The van der Waals surface area contributed by atoms with Gasteiger partial charge in [-0.2, -0.15) is 0 Å². The van der Waals surface area contributed by atoms with E-state index < -0.39 is 0 Å². The van der Waals surface area contributed by atoms with Gasteiger partial charge in [-0.05, 0) is 70.3 Å². The number of benzene rings is 1. The minimum absolute atomic E-state index is 0.647. The van der Waals surface area contributed by atoms with Crippen molar-refractivity contribution in [2.24, 2.45) is 5.92 Å². The summed E-state index contributed by atoms with van der Waals surface area (Å²) in [6, 6.07) is 11.5. The first-order valence-electron chi connectivity index (χ1n) is 8.13. The van der Waals surface area contributed by atoms with Gasteiger partial charge < -0.3 is 10.2 Å². The van der Waals surface area contributed by atoms with Crippen LogP contribution in [0, 0.1) is 5.92 Å². The lowest BCUT2D eigenvalue weighted by Crippen LogP contribution is -2.41. The summed E-state index contributed by atoms with van der Waals surface area (Å²) in [5.41, 5.74) is 1.46. The fourth-order valence-corrected chi connectivity index (χ4v) is 3.17. The maximum Gasteiger partial charge on any atom is 0.00679 e. The summed E-state index contributed by atoms with van der Waals surface area (Å²) in [5, 5.41) is 3.75. The van der Waals surface area contributed by atoms with Crippen molar-refractivity contribution in [3.8, 4) is 0 Å². The molecule has 0 spiro atoms. The molecule has 0 amide bonds. The van der Waals surface area contributed by atoms with Gasteiger partial charge in [0.25, 0.3) is 0 Å². The van der Waals surface area contributed by atoms with E-state index in [2.05, 4.69) is 61.4 Å². The van der Waals surface area contributed by atoms with Crippen LogP contribution >= 0.6 is 0 Å². The lowest BCUT2D eigenvalue weighted by Gasteiger charge is -2.33. The van der Waals surface area contributed by atoms with Crippen molar-refractivity contribution in [1.29, 1.82) is 0 Å². The highest BCUT2D eigenvalue weighted by molar-refractivity contribution is 5.18. The number of nitrogens with one attached hydrogen (secondary N) is 1. The van der Waals surface area contributed by atoms with Gasteiger partial charge in [-0.3, -0.25) is 0 Å². The molecule has 2 heteroatoms. The molecule has 1 fully saturated rings. The normalized spacial score (nSPS) is 20.8. The zero-order chi connectivity index (χ0) is 14.4. The summed E-state index contributed by atoms with van der Waals surface area (Å²) in [6.45, 7) is 8.35. The van der Waals surface area contributed by atoms with Gasteiger partial charge in [-0.25, -0.2) is 0 Å². The number of rotatable bonds is 6. The monoisotopic (exact) mass is 274 g/mol. The lowest BCUT2D eigenvalue weighted by molar-refractivity contribution is 0.190. The standard InChI is InChI=1S/C18H30N2/c1-15(17-7-5-4-6-8-17)9-12-19-16(2)18-10-13-20(3)14-11-18/h4-8,15-16,18-19H,9-14H2,1-3H3. The molecule has 112 valence electrons. The molecule has 1 aromatic rings. The molecular formula is C18H30N2. The first-order valence-corrected chi connectivity index (χ1v) is 8.13. The highest BCUT2D eigenvalue weighted by Crippen LogP contribution is 2.21. The molecule has 1 aromatic carbocycles. The molecule has 0 aromatic heterocycles. The van der Waals surface area contributed by atoms with Crippen LogP contribution in [0.5, 0.6) is 0 Å². The molecule has 2 unspecified atom stereocenters. The van der Waals surface area contributed by atoms with Crippen molar-refractivity contribution in [2.45, 2.75) is 45.1 Å². The van der Waals surface area contributed by atoms with E-state index in [4.69, 9.17) is 0 Å². The lowest BCUT2D eigenvalue weighted by atomic mass is 9.90. The highest BCUT2D eigenvalue weighted by atomic mass is 15.1. The summed E-state index contributed by atoms with van der Waals surface area (Å²) in [7, 11) is 2.23. The molecule has 0 radical (unpaired) electrons. The van der Waals surface area contributed by atoms with E-state index in [1.54, 1.807) is 0 Å². The van der Waals surface area contributed by atoms with Gasteiger partial charge in [-0.15, -0.1) is 0 Å². The highest BCUT2D eigenvalue weighted by Gasteiger charge is 2.21. The van der Waals surface area contributed by atoms with Gasteiger partial charge in [0.05, 0.1) is 0 Å². The molecule has 20 heavy (non-hydrogen) atoms. The van der Waals surface area contributed by atoms with Crippen molar-refractivity contribution < 1.29 is 0 Å². The van der Waals surface area contributed by atoms with Gasteiger partial charge in [-0.1, -0.05) is 37.3 Å². The second kappa shape index (κ2) is 7.80. The predicted octanol–water partition coefficient (Wildman–Crippen LogP) is 3.50. The smallest absolute Gasteiger partial charge is 0.00679 e. The Morgan fingerprint density at radius 2 is 1.80 bits per heavy atom. The second-order valence-electron chi connectivity index (χ2n) is 6.48. The predicted molar refractivity (Wildman–Crippen MR) is 87.2 cm³/mol. The fraction of sp³-hybridized carbons (Fsp3) is 0.667. The van der Waals surface area contributed by atoms with Crippen LogP contribution in [0.15, 0.2) is 30.3 Å². The molecule has 1 heterocycles. The maximum absolute atomic E-state index is 3.75. The number of piperidine rings is 1. The van der Waals surface area contributed by atoms with Crippen LogP contribution in [0.25, 0.3) is 0 Å². The summed E-state index contributed by atoms with van der Waals surface area (Å²) >= 11 is 0. The van der Waals surface area contributed by atoms with Crippen LogP contribution in [-0.4, -0.2) is 37.6 Å². The maximum atomic E-state index is 3.75. The van der Waals surface area contributed by atoms with Crippen LogP contribution in [0.4, 0.5) is 0 Å². The largest absolute Gasteiger partial charge is 0.314 e. The molecule has 1 saturated heterocycles. The molecule has 0 saturated carbocycles. The second-order valence-corrected chi connectivity index (χ2v) is 6.48. The zero-order valence-corrected chi connectivity index (χ0v) is 13.3. The first-order chi connectivity index (χ1) is 9.66. The number of nitrogens with zero attached hydrogens (tertiary/aromatic N) is 1. The molecule has 2 rings (SSSR count). The molecule has 0 bridgehead atoms. The van der Waals surface area contributed by atoms with E-state index in [0.717, 1.165) is 12.5 Å². The SMILES string of the molecule is CC(CCNC(C)C1CCN(C)CC1)c1ccccc1. The van der Waals surface area contributed by atoms with E-state index in [9.17, 15) is 0 Å². The Morgan fingerprint density at radius 1 is 1.15 bits per heavy atom. The molecule has 1 aliphatic heterocycles. The van der Waals surface area contributed by atoms with E-state index in [1.165, 1.54) is 37.9 Å². The van der Waals surface area contributed by atoms with Crippen LogP contribution in [0.1, 0.15) is 44.6 Å². The quantitative estimate of drug-likeness (QED) is 0.854. The summed E-state index contributed by atoms with van der Waals surface area (Å²) < 4.78 is 0. The number of likely N-dealkylation sites (tertiary alicyclic amines) is 1. The fourth-order valence-electron chi connectivity index (χ4n) is 3.17. The molecular weight excluding hydrogens is 244 g/mol. The summed E-state index contributed by atoms with van der Waals surface area (Å²) in [6.07, 6.45) is 3.92. The zero-order valence-electron chi connectivity index (χ0n) is 13.3. The Hall–Kier alpha value is -0.860. The molecule has 1 aliphatic rings. The molecule has 2 nitrogen and oxygen atoms in total. The Balaban J connectivity index is 1.67. The Kier molecular flexibility index (Phi) is 6.06. The van der Waals surface area contributed by atoms with Gasteiger partial charge in [0.15, 0.2) is 0 Å². The van der Waals surface area contributed by atoms with Gasteiger partial charge >= 0.3 is 0 Å². The molecule has 1 N–H and O–H groups in total. The molecule has 0 aliphatic carbocycles. The third-order valence-electron chi connectivity index (χ3n) is 4.88. The Bertz CT molecular complexity index is 368. The van der Waals surface area contributed by atoms with Crippen molar-refractivity contribution >= 4 is 0 Å². The third-order valence-corrected chi connectivity index (χ3v) is 4.88. The Labute approximate surface area is 124 Å². The summed E-state index contributed by atoms with van der Waals surface area (Å²) in [5.74, 6) is 1.51. The average molecular weight is 274 g/mol. The van der Waals surface area contributed by atoms with Crippen molar-refractivity contribution in [2.75, 3.05) is 26.7 Å². The van der Waals surface area contributed by atoms with Gasteiger partial charge in [0.2, 0.25) is 0 Å². The van der Waals surface area contributed by atoms with Crippen LogP contribution < -0.4 is 5.32 Å². The number of hydrogen-bond acceptors (Lipinski definition) is 2. The van der Waals surface area contributed by atoms with E-state index in [1.807, 2.05) is 0 Å². The van der Waals surface area contributed by atoms with Crippen LogP contribution in [-0.2, 0) is 0 Å². The molecule has 2 atom stereocenters. The topological polar surface area (TPSA) is 15.3 Å². The minimum Gasteiger partial charge on any atom is -0.314 e. The van der Waals surface area contributed by atoms with Crippen LogP contribution in [0.3, 0.4) is 0 Å². The van der Waals surface area contributed by atoms with E-state index in [-0.39, 0.29) is 0 Å². The van der Waals surface area contributed by atoms with Gasteiger partial charge in [0, 0.05) is 6.04 Å². The van der Waals surface area contributed by atoms with Crippen LogP contribution in [0.2, 0.25) is 0 Å². The van der Waals surface area contributed by atoms with Crippen molar-refractivity contribution in [3.63, 3.8) is 0 Å². The van der Waals surface area contributed by atoms with Crippen molar-refractivity contribution in [1.82, 2.24) is 10.2 Å². The van der Waals surface area contributed by atoms with Gasteiger partial charge in [0.1, 0.15) is 0 Å². The minimum atomic E-state index is 0.647. The first kappa shape index (κ1) is 15.5. The Morgan fingerprint density at radius 3 is 2.45 bits per heavy atom. The van der Waals surface area contributed by atoms with E-state index in [0.29, 0.717) is 12.0 Å². The average Bonchev–Trinajstić information content (AvgIpc) is 2.48. The third kappa shape index (κ3) is 4.60. The number of hydrogen-bond donors (Lipinski definition) is 1. The summed E-state index contributed by atoms with van der Waals surface area (Å²) in [4.78, 5) is 2.45. The van der Waals surface area contributed by atoms with E-state index >= 15 is 0 Å². The van der Waals surface area contributed by atoms with Crippen molar-refractivity contribution in [3.05, 3.63) is 35.9 Å².